The highest BCUT2D eigenvalue weighted by molar-refractivity contribution is 5.75. The maximum Gasteiger partial charge on any atom is 0.222 e. The minimum atomic E-state index is 0.305. The normalized spacial score (nSPS) is 10.4. The molecule has 95 valence electrons. The maximum absolute atomic E-state index is 11.6. The van der Waals surface area contributed by atoms with Gasteiger partial charge < -0.3 is 4.90 Å². The molecule has 0 aromatic heterocycles. The van der Waals surface area contributed by atoms with Gasteiger partial charge in [0.25, 0.3) is 0 Å². The highest BCUT2D eigenvalue weighted by Gasteiger charge is 2.06. The average molecular weight is 226 g/mol. The van der Waals surface area contributed by atoms with Crippen LogP contribution in [0.3, 0.4) is 0 Å². The van der Waals surface area contributed by atoms with Gasteiger partial charge in [-0.05, 0) is 12.8 Å². The Bertz CT molecular complexity index is 168. The molecular formula is C14H28NO. The van der Waals surface area contributed by atoms with Gasteiger partial charge in [-0.3, -0.25) is 4.79 Å². The third-order valence-corrected chi connectivity index (χ3v) is 2.88. The molecule has 2 nitrogen and oxygen atoms in total. The second-order valence-electron chi connectivity index (χ2n) is 4.54. The standard InChI is InChI=1S/C14H28NO/c1-4-6-7-8-9-10-11-12-14(16)15(3)13-5-2/h1,4-13H2,2-3H3. The summed E-state index contributed by atoms with van der Waals surface area (Å²) < 4.78 is 0. The summed E-state index contributed by atoms with van der Waals surface area (Å²) in [7, 11) is 1.90. The van der Waals surface area contributed by atoms with Crippen LogP contribution in [0.4, 0.5) is 0 Å². The van der Waals surface area contributed by atoms with Crippen LogP contribution in [0, 0.1) is 6.92 Å². The van der Waals surface area contributed by atoms with Gasteiger partial charge in [0.2, 0.25) is 5.91 Å². The first-order chi connectivity index (χ1) is 7.72. The third kappa shape index (κ3) is 8.75. The Kier molecular flexibility index (Phi) is 10.6. The second-order valence-corrected chi connectivity index (χ2v) is 4.54. The highest BCUT2D eigenvalue weighted by Crippen LogP contribution is 2.09. The molecule has 0 atom stereocenters. The Labute approximate surface area is 101 Å². The largest absolute Gasteiger partial charge is 0.346 e. The topological polar surface area (TPSA) is 20.3 Å². The number of unbranched alkanes of at least 4 members (excludes halogenated alkanes) is 6. The number of amides is 1. The fraction of sp³-hybridized carbons (Fsp3) is 0.857. The molecule has 0 aliphatic rings. The van der Waals surface area contributed by atoms with E-state index in [1.807, 2.05) is 11.9 Å². The minimum Gasteiger partial charge on any atom is -0.346 e. The Morgan fingerprint density at radius 2 is 1.62 bits per heavy atom. The molecule has 0 N–H and O–H groups in total. The summed E-state index contributed by atoms with van der Waals surface area (Å²) in [6.45, 7) is 6.82. The lowest BCUT2D eigenvalue weighted by Gasteiger charge is -2.15. The lowest BCUT2D eigenvalue weighted by molar-refractivity contribution is -0.130. The van der Waals surface area contributed by atoms with Gasteiger partial charge in [-0.15, -0.1) is 0 Å². The summed E-state index contributed by atoms with van der Waals surface area (Å²) >= 11 is 0. The van der Waals surface area contributed by atoms with Crippen LogP contribution in [0.5, 0.6) is 0 Å². The van der Waals surface area contributed by atoms with Crippen molar-refractivity contribution in [2.24, 2.45) is 0 Å². The molecule has 0 rings (SSSR count). The van der Waals surface area contributed by atoms with Gasteiger partial charge in [0.05, 0.1) is 0 Å². The molecule has 0 saturated heterocycles. The molecule has 16 heavy (non-hydrogen) atoms. The zero-order chi connectivity index (χ0) is 12.2. The van der Waals surface area contributed by atoms with E-state index in [9.17, 15) is 4.79 Å². The fourth-order valence-corrected chi connectivity index (χ4v) is 1.81. The smallest absolute Gasteiger partial charge is 0.222 e. The van der Waals surface area contributed by atoms with E-state index in [2.05, 4.69) is 13.8 Å². The summed E-state index contributed by atoms with van der Waals surface area (Å²) in [6, 6.07) is 0. The van der Waals surface area contributed by atoms with Crippen LogP contribution < -0.4 is 0 Å². The second kappa shape index (κ2) is 11.0. The molecule has 0 aromatic rings. The first-order valence-electron chi connectivity index (χ1n) is 6.75. The van der Waals surface area contributed by atoms with E-state index < -0.39 is 0 Å². The Morgan fingerprint density at radius 3 is 2.19 bits per heavy atom. The van der Waals surface area contributed by atoms with Crippen molar-refractivity contribution >= 4 is 5.91 Å². The Hall–Kier alpha value is -0.530. The number of carbonyl (C=O) groups excluding carboxylic acids is 1. The molecule has 1 amide bonds. The summed E-state index contributed by atoms with van der Waals surface area (Å²) in [4.78, 5) is 13.4. The van der Waals surface area contributed by atoms with E-state index in [1.165, 1.54) is 32.1 Å². The molecule has 0 aliphatic heterocycles. The van der Waals surface area contributed by atoms with Crippen LogP contribution in [0.25, 0.3) is 0 Å². The molecule has 1 radical (unpaired) electrons. The molecule has 0 heterocycles. The summed E-state index contributed by atoms with van der Waals surface area (Å²) in [5.41, 5.74) is 0. The lowest BCUT2D eigenvalue weighted by Crippen LogP contribution is -2.26. The first-order valence-corrected chi connectivity index (χ1v) is 6.75. The van der Waals surface area contributed by atoms with E-state index in [1.54, 1.807) is 0 Å². The fourth-order valence-electron chi connectivity index (χ4n) is 1.81. The molecule has 0 bridgehead atoms. The van der Waals surface area contributed by atoms with E-state index in [4.69, 9.17) is 0 Å². The van der Waals surface area contributed by atoms with Crippen LogP contribution >= 0.6 is 0 Å². The SMILES string of the molecule is [CH2]CCCCCCCCC(=O)N(C)CCC. The van der Waals surface area contributed by atoms with Gasteiger partial charge in [-0.25, -0.2) is 0 Å². The summed E-state index contributed by atoms with van der Waals surface area (Å²) in [6.07, 6.45) is 10.2. The molecule has 0 spiro atoms. The molecule has 2 heteroatoms. The summed E-state index contributed by atoms with van der Waals surface area (Å²) in [5.74, 6) is 0.305. The predicted molar refractivity (Wildman–Crippen MR) is 70.2 cm³/mol. The predicted octanol–water partition coefficient (Wildman–Crippen LogP) is 3.81. The van der Waals surface area contributed by atoms with E-state index >= 15 is 0 Å². The molecule has 0 fully saturated rings. The molecular weight excluding hydrogens is 198 g/mol. The molecule has 0 saturated carbocycles. The van der Waals surface area contributed by atoms with Crippen LogP contribution in [0.2, 0.25) is 0 Å². The Morgan fingerprint density at radius 1 is 1.06 bits per heavy atom. The van der Waals surface area contributed by atoms with Crippen molar-refractivity contribution in [3.8, 4) is 0 Å². The monoisotopic (exact) mass is 226 g/mol. The van der Waals surface area contributed by atoms with E-state index in [-0.39, 0.29) is 0 Å². The van der Waals surface area contributed by atoms with Crippen molar-refractivity contribution in [2.75, 3.05) is 13.6 Å². The number of rotatable bonds is 10. The minimum absolute atomic E-state index is 0.305. The zero-order valence-electron chi connectivity index (χ0n) is 11.1. The van der Waals surface area contributed by atoms with Crippen molar-refractivity contribution in [3.05, 3.63) is 6.92 Å². The quantitative estimate of drug-likeness (QED) is 0.519. The first kappa shape index (κ1) is 15.5. The zero-order valence-corrected chi connectivity index (χ0v) is 11.1. The lowest BCUT2D eigenvalue weighted by atomic mass is 10.1. The number of nitrogens with zero attached hydrogens (tertiary/aromatic N) is 1. The van der Waals surface area contributed by atoms with E-state index in [0.717, 1.165) is 32.2 Å². The van der Waals surface area contributed by atoms with Gasteiger partial charge in [-0.2, -0.15) is 0 Å². The van der Waals surface area contributed by atoms with Crippen molar-refractivity contribution in [3.63, 3.8) is 0 Å². The number of carbonyl (C=O) groups is 1. The highest BCUT2D eigenvalue weighted by atomic mass is 16.2. The van der Waals surface area contributed by atoms with Crippen LogP contribution in [0.1, 0.15) is 64.7 Å². The van der Waals surface area contributed by atoms with Gasteiger partial charge in [-0.1, -0.05) is 52.4 Å². The van der Waals surface area contributed by atoms with Crippen molar-refractivity contribution in [2.45, 2.75) is 64.7 Å². The third-order valence-electron chi connectivity index (χ3n) is 2.88. The van der Waals surface area contributed by atoms with Gasteiger partial charge in [0.15, 0.2) is 0 Å². The van der Waals surface area contributed by atoms with Gasteiger partial charge in [0, 0.05) is 20.0 Å². The molecule has 0 aromatic carbocycles. The van der Waals surface area contributed by atoms with Crippen molar-refractivity contribution < 1.29 is 4.79 Å². The number of hydrogen-bond donors (Lipinski definition) is 0. The van der Waals surface area contributed by atoms with Crippen molar-refractivity contribution in [1.29, 1.82) is 0 Å². The van der Waals surface area contributed by atoms with Crippen molar-refractivity contribution in [1.82, 2.24) is 4.90 Å². The molecule has 0 unspecified atom stereocenters. The Balaban J connectivity index is 3.27. The van der Waals surface area contributed by atoms with Gasteiger partial charge >= 0.3 is 0 Å². The summed E-state index contributed by atoms with van der Waals surface area (Å²) in [5, 5.41) is 0. The van der Waals surface area contributed by atoms with E-state index in [0.29, 0.717) is 5.91 Å². The van der Waals surface area contributed by atoms with Gasteiger partial charge in [0.1, 0.15) is 0 Å². The number of hydrogen-bond acceptors (Lipinski definition) is 1. The average Bonchev–Trinajstić information content (AvgIpc) is 2.28. The van der Waals surface area contributed by atoms with Crippen LogP contribution in [-0.4, -0.2) is 24.4 Å². The van der Waals surface area contributed by atoms with Crippen LogP contribution in [-0.2, 0) is 4.79 Å². The van der Waals surface area contributed by atoms with Crippen LogP contribution in [0.15, 0.2) is 0 Å². The molecule has 0 aliphatic carbocycles. The maximum atomic E-state index is 11.6.